The lowest BCUT2D eigenvalue weighted by molar-refractivity contribution is -0.0297. The molecule has 25 heavy (non-hydrogen) atoms. The minimum Gasteiger partial charge on any atom is -0.371 e. The van der Waals surface area contributed by atoms with E-state index in [0.29, 0.717) is 24.6 Å². The lowest BCUT2D eigenvalue weighted by Crippen LogP contribution is -2.54. The van der Waals surface area contributed by atoms with Gasteiger partial charge in [-0.2, -0.15) is 4.31 Å². The summed E-state index contributed by atoms with van der Waals surface area (Å²) in [4.78, 5) is 0.440. The summed E-state index contributed by atoms with van der Waals surface area (Å²) in [6.07, 6.45) is -0.0413. The van der Waals surface area contributed by atoms with Crippen LogP contribution in [-0.2, 0) is 21.4 Å². The van der Waals surface area contributed by atoms with Crippen LogP contribution in [0.25, 0.3) is 0 Å². The van der Waals surface area contributed by atoms with E-state index in [9.17, 15) is 8.42 Å². The highest BCUT2D eigenvalue weighted by atomic mass is 32.2. The van der Waals surface area contributed by atoms with E-state index in [1.807, 2.05) is 51.1 Å². The first-order valence-electron chi connectivity index (χ1n) is 8.53. The number of nitrogens with zero attached hydrogens (tertiary/aromatic N) is 1. The van der Waals surface area contributed by atoms with Crippen molar-refractivity contribution in [1.82, 2.24) is 4.31 Å². The van der Waals surface area contributed by atoms with Gasteiger partial charge in [0.2, 0.25) is 10.0 Å². The number of benzene rings is 2. The molecule has 0 atom stereocenters. The minimum atomic E-state index is -3.45. The molecule has 4 nitrogen and oxygen atoms in total. The molecule has 1 fully saturated rings. The third-order valence-corrected chi connectivity index (χ3v) is 6.89. The predicted octanol–water partition coefficient (Wildman–Crippen LogP) is 3.51. The van der Waals surface area contributed by atoms with E-state index < -0.39 is 10.0 Å². The fourth-order valence-electron chi connectivity index (χ4n) is 3.38. The first-order chi connectivity index (χ1) is 11.8. The van der Waals surface area contributed by atoms with E-state index in [0.717, 1.165) is 22.3 Å². The molecule has 5 heteroatoms. The van der Waals surface area contributed by atoms with Gasteiger partial charge in [-0.15, -0.1) is 0 Å². The maximum absolute atomic E-state index is 12.9. The van der Waals surface area contributed by atoms with Crippen molar-refractivity contribution < 1.29 is 13.2 Å². The second-order valence-corrected chi connectivity index (χ2v) is 8.78. The van der Waals surface area contributed by atoms with E-state index in [4.69, 9.17) is 4.74 Å². The number of aryl methyl sites for hydroxylation is 4. The van der Waals surface area contributed by atoms with Gasteiger partial charge >= 0.3 is 0 Å². The molecule has 0 spiro atoms. The average Bonchev–Trinajstić information content (AvgIpc) is 2.45. The van der Waals surface area contributed by atoms with Gasteiger partial charge in [0.15, 0.2) is 0 Å². The van der Waals surface area contributed by atoms with E-state index in [1.54, 1.807) is 0 Å². The van der Waals surface area contributed by atoms with Crippen LogP contribution in [0.1, 0.15) is 27.8 Å². The standard InChI is InChI=1S/C20H25NO3S/c1-14-9-16(3)20(17(4)10-14)25(22,23)21-11-19(12-21)24-13-18-8-6-5-7-15(18)2/h5-10,19H,11-13H2,1-4H3. The monoisotopic (exact) mass is 359 g/mol. The Labute approximate surface area is 150 Å². The van der Waals surface area contributed by atoms with Gasteiger partial charge in [0, 0.05) is 13.1 Å². The topological polar surface area (TPSA) is 46.6 Å². The Morgan fingerprint density at radius 1 is 1.00 bits per heavy atom. The summed E-state index contributed by atoms with van der Waals surface area (Å²) in [6.45, 7) is 9.11. The predicted molar refractivity (Wildman–Crippen MR) is 99.2 cm³/mol. The average molecular weight is 359 g/mol. The van der Waals surface area contributed by atoms with E-state index in [-0.39, 0.29) is 6.10 Å². The van der Waals surface area contributed by atoms with Gasteiger partial charge in [-0.05, 0) is 49.9 Å². The first-order valence-corrected chi connectivity index (χ1v) is 9.97. The molecule has 1 aliphatic heterocycles. The highest BCUT2D eigenvalue weighted by Crippen LogP contribution is 2.29. The minimum absolute atomic E-state index is 0.0413. The molecule has 0 bridgehead atoms. The van der Waals surface area contributed by atoms with Crippen molar-refractivity contribution in [3.8, 4) is 0 Å². The number of sulfonamides is 1. The molecule has 134 valence electrons. The van der Waals surface area contributed by atoms with Crippen LogP contribution in [-0.4, -0.2) is 31.9 Å². The summed E-state index contributed by atoms with van der Waals surface area (Å²) in [5.41, 5.74) is 5.03. The molecule has 1 aliphatic rings. The third-order valence-electron chi connectivity index (χ3n) is 4.75. The van der Waals surface area contributed by atoms with Crippen LogP contribution in [0.3, 0.4) is 0 Å². The molecular weight excluding hydrogens is 334 g/mol. The van der Waals surface area contributed by atoms with Crippen LogP contribution in [0, 0.1) is 27.7 Å². The van der Waals surface area contributed by atoms with E-state index in [1.165, 1.54) is 9.87 Å². The summed E-state index contributed by atoms with van der Waals surface area (Å²) in [5, 5.41) is 0. The molecular formula is C20H25NO3S. The Bertz CT molecular complexity index is 861. The lowest BCUT2D eigenvalue weighted by Gasteiger charge is -2.38. The highest BCUT2D eigenvalue weighted by molar-refractivity contribution is 7.89. The zero-order valence-electron chi connectivity index (χ0n) is 15.2. The Morgan fingerprint density at radius 2 is 1.60 bits per heavy atom. The molecule has 0 N–H and O–H groups in total. The van der Waals surface area contributed by atoms with Gasteiger partial charge < -0.3 is 4.74 Å². The molecule has 0 aliphatic carbocycles. The van der Waals surface area contributed by atoms with Gasteiger partial charge in [0.1, 0.15) is 0 Å². The fraction of sp³-hybridized carbons (Fsp3) is 0.400. The molecule has 1 heterocycles. The van der Waals surface area contributed by atoms with Gasteiger partial charge in [-0.1, -0.05) is 42.0 Å². The van der Waals surface area contributed by atoms with E-state index in [2.05, 4.69) is 13.0 Å². The molecule has 0 radical (unpaired) electrons. The summed E-state index contributed by atoms with van der Waals surface area (Å²) in [7, 11) is -3.45. The quantitative estimate of drug-likeness (QED) is 0.821. The van der Waals surface area contributed by atoms with Crippen molar-refractivity contribution in [3.05, 3.63) is 64.2 Å². The normalized spacial score (nSPS) is 16.0. The molecule has 0 amide bonds. The van der Waals surface area contributed by atoms with Gasteiger partial charge in [0.05, 0.1) is 17.6 Å². The number of ether oxygens (including phenoxy) is 1. The van der Waals surface area contributed by atoms with E-state index >= 15 is 0 Å². The Morgan fingerprint density at radius 3 is 2.20 bits per heavy atom. The molecule has 0 unspecified atom stereocenters. The van der Waals surface area contributed by atoms with Crippen molar-refractivity contribution in [2.45, 2.75) is 45.3 Å². The van der Waals surface area contributed by atoms with Gasteiger partial charge in [0.25, 0.3) is 0 Å². The SMILES string of the molecule is Cc1cc(C)c(S(=O)(=O)N2CC(OCc3ccccc3C)C2)c(C)c1. The second kappa shape index (κ2) is 6.90. The zero-order chi connectivity index (χ0) is 18.2. The van der Waals surface area contributed by atoms with Crippen LogP contribution in [0.5, 0.6) is 0 Å². The summed E-state index contributed by atoms with van der Waals surface area (Å²) in [6, 6.07) is 11.9. The maximum Gasteiger partial charge on any atom is 0.243 e. The summed E-state index contributed by atoms with van der Waals surface area (Å²) < 4.78 is 33.2. The summed E-state index contributed by atoms with van der Waals surface area (Å²) >= 11 is 0. The van der Waals surface area contributed by atoms with Gasteiger partial charge in [-0.3, -0.25) is 0 Å². The number of rotatable bonds is 5. The Kier molecular flexibility index (Phi) is 5.00. The Balaban J connectivity index is 1.65. The number of hydrogen-bond donors (Lipinski definition) is 0. The molecule has 0 aromatic heterocycles. The van der Waals surface area contributed by atoms with Crippen molar-refractivity contribution >= 4 is 10.0 Å². The van der Waals surface area contributed by atoms with Crippen molar-refractivity contribution in [2.24, 2.45) is 0 Å². The summed E-state index contributed by atoms with van der Waals surface area (Å²) in [5.74, 6) is 0. The smallest absolute Gasteiger partial charge is 0.243 e. The van der Waals surface area contributed by atoms with Crippen molar-refractivity contribution in [2.75, 3.05) is 13.1 Å². The first kappa shape index (κ1) is 18.1. The zero-order valence-corrected chi connectivity index (χ0v) is 16.1. The van der Waals surface area contributed by atoms with Crippen LogP contribution in [0.4, 0.5) is 0 Å². The van der Waals surface area contributed by atoms with Gasteiger partial charge in [-0.25, -0.2) is 8.42 Å². The van der Waals surface area contributed by atoms with Crippen LogP contribution in [0.15, 0.2) is 41.3 Å². The molecule has 3 rings (SSSR count). The lowest BCUT2D eigenvalue weighted by atomic mass is 10.1. The molecule has 2 aromatic rings. The highest BCUT2D eigenvalue weighted by Gasteiger charge is 2.38. The molecule has 0 saturated carbocycles. The van der Waals surface area contributed by atoms with Crippen molar-refractivity contribution in [3.63, 3.8) is 0 Å². The maximum atomic E-state index is 12.9. The third kappa shape index (κ3) is 3.64. The molecule has 2 aromatic carbocycles. The molecule has 1 saturated heterocycles. The van der Waals surface area contributed by atoms with Crippen molar-refractivity contribution in [1.29, 1.82) is 0 Å². The van der Waals surface area contributed by atoms with Crippen LogP contribution < -0.4 is 0 Å². The fourth-order valence-corrected chi connectivity index (χ4v) is 5.30. The number of hydrogen-bond acceptors (Lipinski definition) is 3. The largest absolute Gasteiger partial charge is 0.371 e. The Hall–Kier alpha value is -1.69. The van der Waals surface area contributed by atoms with Crippen LogP contribution in [0.2, 0.25) is 0 Å². The van der Waals surface area contributed by atoms with Crippen LogP contribution >= 0.6 is 0 Å². The second-order valence-electron chi connectivity index (χ2n) is 6.91.